The summed E-state index contributed by atoms with van der Waals surface area (Å²) in [5, 5.41) is 4.28. The number of benzene rings is 1. The zero-order chi connectivity index (χ0) is 12.8. The first-order valence-electron chi connectivity index (χ1n) is 6.39. The summed E-state index contributed by atoms with van der Waals surface area (Å²) in [7, 11) is 0. The van der Waals surface area contributed by atoms with Gasteiger partial charge in [-0.15, -0.1) is 0 Å². The molecule has 0 atom stereocenters. The van der Waals surface area contributed by atoms with Gasteiger partial charge in [-0.3, -0.25) is 4.99 Å². The van der Waals surface area contributed by atoms with Gasteiger partial charge in [0.1, 0.15) is 0 Å². The van der Waals surface area contributed by atoms with Crippen LogP contribution in [0.15, 0.2) is 41.5 Å². The number of fused-ring (bicyclic) bond motifs is 1. The number of nitrogens with zero attached hydrogens (tertiary/aromatic N) is 2. The Balaban J connectivity index is 1.89. The van der Waals surface area contributed by atoms with E-state index in [2.05, 4.69) is 51.4 Å². The Bertz CT molecular complexity index is 527. The minimum atomic E-state index is 0.537. The van der Waals surface area contributed by atoms with Crippen molar-refractivity contribution in [2.24, 2.45) is 10.7 Å². The van der Waals surface area contributed by atoms with Gasteiger partial charge < -0.3 is 15.6 Å². The zero-order valence-electron chi connectivity index (χ0n) is 10.8. The van der Waals surface area contributed by atoms with Gasteiger partial charge in [0.15, 0.2) is 5.96 Å². The maximum Gasteiger partial charge on any atom is 0.188 e. The lowest BCUT2D eigenvalue weighted by Crippen LogP contribution is -2.31. The Morgan fingerprint density at radius 2 is 2.17 bits per heavy atom. The summed E-state index contributed by atoms with van der Waals surface area (Å²) in [4.78, 5) is 4.26. The number of aromatic nitrogens is 1. The lowest BCUT2D eigenvalue weighted by Gasteiger charge is -2.05. The number of hydrogen-bond acceptors (Lipinski definition) is 1. The molecule has 0 spiro atoms. The summed E-state index contributed by atoms with van der Waals surface area (Å²) in [6.45, 7) is 4.55. The topological polar surface area (TPSA) is 55.3 Å². The molecule has 2 aromatic rings. The van der Waals surface area contributed by atoms with Gasteiger partial charge >= 0.3 is 0 Å². The van der Waals surface area contributed by atoms with E-state index in [1.807, 2.05) is 6.92 Å². The SMILES string of the molecule is CCNC(N)=NCCCn1ccc2ccccc21. The zero-order valence-corrected chi connectivity index (χ0v) is 10.8. The third kappa shape index (κ3) is 3.03. The normalized spacial score (nSPS) is 11.9. The molecule has 4 heteroatoms. The molecule has 0 aliphatic rings. The van der Waals surface area contributed by atoms with E-state index >= 15 is 0 Å². The highest BCUT2D eigenvalue weighted by Gasteiger charge is 1.98. The number of aliphatic imine (C=N–C) groups is 1. The second-order valence-electron chi connectivity index (χ2n) is 4.22. The van der Waals surface area contributed by atoms with Crippen molar-refractivity contribution in [3.63, 3.8) is 0 Å². The van der Waals surface area contributed by atoms with Crippen molar-refractivity contribution in [2.75, 3.05) is 13.1 Å². The number of nitrogens with one attached hydrogen (secondary N) is 1. The first-order chi connectivity index (χ1) is 8.81. The number of para-hydroxylation sites is 1. The summed E-state index contributed by atoms with van der Waals surface area (Å²) < 4.78 is 2.26. The average molecular weight is 244 g/mol. The maximum atomic E-state index is 5.67. The molecule has 2 rings (SSSR count). The number of nitrogens with two attached hydrogens (primary N) is 1. The maximum absolute atomic E-state index is 5.67. The van der Waals surface area contributed by atoms with Gasteiger partial charge in [-0.1, -0.05) is 18.2 Å². The summed E-state index contributed by atoms with van der Waals surface area (Å²) in [5.74, 6) is 0.537. The first kappa shape index (κ1) is 12.5. The molecular formula is C14H20N4. The third-order valence-corrected chi connectivity index (χ3v) is 2.88. The Morgan fingerprint density at radius 1 is 1.33 bits per heavy atom. The van der Waals surface area contributed by atoms with Gasteiger partial charge in [0.25, 0.3) is 0 Å². The van der Waals surface area contributed by atoms with Crippen LogP contribution in [0.25, 0.3) is 10.9 Å². The van der Waals surface area contributed by atoms with Crippen molar-refractivity contribution in [1.29, 1.82) is 0 Å². The van der Waals surface area contributed by atoms with Crippen LogP contribution >= 0.6 is 0 Å². The van der Waals surface area contributed by atoms with E-state index in [1.54, 1.807) is 0 Å². The van der Waals surface area contributed by atoms with Crippen molar-refractivity contribution in [3.8, 4) is 0 Å². The van der Waals surface area contributed by atoms with Crippen LogP contribution in [0, 0.1) is 0 Å². The molecule has 96 valence electrons. The second-order valence-corrected chi connectivity index (χ2v) is 4.22. The average Bonchev–Trinajstić information content (AvgIpc) is 2.78. The third-order valence-electron chi connectivity index (χ3n) is 2.88. The Kier molecular flexibility index (Phi) is 4.23. The molecule has 0 aliphatic heterocycles. The number of aryl methyl sites for hydroxylation is 1. The summed E-state index contributed by atoms with van der Waals surface area (Å²) >= 11 is 0. The van der Waals surface area contributed by atoms with Crippen molar-refractivity contribution in [1.82, 2.24) is 9.88 Å². The molecule has 0 radical (unpaired) electrons. The van der Waals surface area contributed by atoms with Crippen molar-refractivity contribution in [2.45, 2.75) is 19.9 Å². The molecule has 1 heterocycles. The van der Waals surface area contributed by atoms with Crippen LogP contribution in [-0.2, 0) is 6.54 Å². The Labute approximate surface area is 108 Å². The highest BCUT2D eigenvalue weighted by molar-refractivity contribution is 5.80. The molecule has 0 saturated heterocycles. The van der Waals surface area contributed by atoms with Crippen LogP contribution in [0.4, 0.5) is 0 Å². The van der Waals surface area contributed by atoms with Crippen LogP contribution in [0.5, 0.6) is 0 Å². The lowest BCUT2D eigenvalue weighted by molar-refractivity contribution is 0.669. The van der Waals surface area contributed by atoms with E-state index in [-0.39, 0.29) is 0 Å². The van der Waals surface area contributed by atoms with E-state index in [0.29, 0.717) is 5.96 Å². The van der Waals surface area contributed by atoms with Gasteiger partial charge in [0, 0.05) is 31.3 Å². The van der Waals surface area contributed by atoms with Crippen LogP contribution in [0.3, 0.4) is 0 Å². The summed E-state index contributed by atoms with van der Waals surface area (Å²) in [6.07, 6.45) is 3.12. The minimum Gasteiger partial charge on any atom is -0.370 e. The van der Waals surface area contributed by atoms with Crippen molar-refractivity contribution >= 4 is 16.9 Å². The molecule has 18 heavy (non-hydrogen) atoms. The fraction of sp³-hybridized carbons (Fsp3) is 0.357. The number of rotatable bonds is 5. The first-order valence-corrected chi connectivity index (χ1v) is 6.39. The van der Waals surface area contributed by atoms with E-state index in [4.69, 9.17) is 5.73 Å². The minimum absolute atomic E-state index is 0.537. The summed E-state index contributed by atoms with van der Waals surface area (Å²) in [5.41, 5.74) is 6.95. The fourth-order valence-corrected chi connectivity index (χ4v) is 2.01. The highest BCUT2D eigenvalue weighted by atomic mass is 15.1. The van der Waals surface area contributed by atoms with Gasteiger partial charge in [-0.2, -0.15) is 0 Å². The van der Waals surface area contributed by atoms with Gasteiger partial charge in [0.2, 0.25) is 0 Å². The predicted octanol–water partition coefficient (Wildman–Crippen LogP) is 1.96. The standard InChI is InChI=1S/C14H20N4/c1-2-16-14(15)17-9-5-10-18-11-8-12-6-3-4-7-13(12)18/h3-4,6-8,11H,2,5,9-10H2,1H3,(H3,15,16,17). The van der Waals surface area contributed by atoms with E-state index in [0.717, 1.165) is 26.1 Å². The van der Waals surface area contributed by atoms with E-state index in [9.17, 15) is 0 Å². The van der Waals surface area contributed by atoms with Crippen molar-refractivity contribution in [3.05, 3.63) is 36.5 Å². The summed E-state index contributed by atoms with van der Waals surface area (Å²) in [6, 6.07) is 10.6. The molecule has 1 aromatic carbocycles. The predicted molar refractivity (Wildman–Crippen MR) is 76.7 cm³/mol. The second kappa shape index (κ2) is 6.10. The fourth-order valence-electron chi connectivity index (χ4n) is 2.01. The quantitative estimate of drug-likeness (QED) is 0.480. The smallest absolute Gasteiger partial charge is 0.188 e. The molecule has 0 saturated carbocycles. The monoisotopic (exact) mass is 244 g/mol. The molecule has 0 fully saturated rings. The molecule has 0 aliphatic carbocycles. The van der Waals surface area contributed by atoms with E-state index < -0.39 is 0 Å². The van der Waals surface area contributed by atoms with Crippen LogP contribution in [0.2, 0.25) is 0 Å². The Hall–Kier alpha value is -1.97. The van der Waals surface area contributed by atoms with Crippen LogP contribution in [0.1, 0.15) is 13.3 Å². The molecular weight excluding hydrogens is 224 g/mol. The highest BCUT2D eigenvalue weighted by Crippen LogP contribution is 2.15. The van der Waals surface area contributed by atoms with E-state index in [1.165, 1.54) is 10.9 Å². The van der Waals surface area contributed by atoms with Gasteiger partial charge in [-0.05, 0) is 30.9 Å². The lowest BCUT2D eigenvalue weighted by atomic mass is 10.2. The molecule has 4 nitrogen and oxygen atoms in total. The van der Waals surface area contributed by atoms with Crippen LogP contribution < -0.4 is 11.1 Å². The van der Waals surface area contributed by atoms with Crippen LogP contribution in [-0.4, -0.2) is 23.6 Å². The van der Waals surface area contributed by atoms with Gasteiger partial charge in [0.05, 0.1) is 0 Å². The molecule has 3 N–H and O–H groups in total. The number of guanidine groups is 1. The number of hydrogen-bond donors (Lipinski definition) is 2. The molecule has 1 aromatic heterocycles. The van der Waals surface area contributed by atoms with Crippen molar-refractivity contribution < 1.29 is 0 Å². The molecule has 0 bridgehead atoms. The van der Waals surface area contributed by atoms with Gasteiger partial charge in [-0.25, -0.2) is 0 Å². The molecule has 0 amide bonds. The Morgan fingerprint density at radius 3 is 3.00 bits per heavy atom. The molecule has 0 unspecified atom stereocenters. The largest absolute Gasteiger partial charge is 0.370 e.